The first-order valence-electron chi connectivity index (χ1n) is 15.2. The topological polar surface area (TPSA) is 0 Å². The molecule has 0 aromatic rings. The van der Waals surface area contributed by atoms with Gasteiger partial charge in [-0.2, -0.15) is 0 Å². The van der Waals surface area contributed by atoms with Gasteiger partial charge in [-0.05, 0) is 43.9 Å². The van der Waals surface area contributed by atoms with Crippen LogP contribution in [0.4, 0.5) is 0 Å². The summed E-state index contributed by atoms with van der Waals surface area (Å²) in [5.74, 6) is 3.79. The van der Waals surface area contributed by atoms with Crippen LogP contribution in [0.1, 0.15) is 195 Å². The van der Waals surface area contributed by atoms with Gasteiger partial charge in [0.25, 0.3) is 0 Å². The number of hydrogen-bond donors (Lipinski definition) is 0. The lowest BCUT2D eigenvalue weighted by Gasteiger charge is -2.19. The molecular formula is C37H84. The Labute approximate surface area is 243 Å². The van der Waals surface area contributed by atoms with Gasteiger partial charge in [-0.3, -0.25) is 0 Å². The average Bonchev–Trinajstić information content (AvgIpc) is 3.44. The molecule has 0 amide bonds. The molecule has 0 saturated heterocycles. The fourth-order valence-electron chi connectivity index (χ4n) is 4.02. The summed E-state index contributed by atoms with van der Waals surface area (Å²) in [5.41, 5.74) is 0. The molecule has 0 aromatic carbocycles. The first-order chi connectivity index (χ1) is 15.9. The molecule has 1 saturated carbocycles. The Kier molecular flexibility index (Phi) is 64.8. The van der Waals surface area contributed by atoms with Crippen LogP contribution in [0, 0.1) is 23.7 Å². The van der Waals surface area contributed by atoms with E-state index >= 15 is 0 Å². The van der Waals surface area contributed by atoms with Crippen LogP contribution in [0.25, 0.3) is 0 Å². The smallest absolute Gasteiger partial charge is 0.0199 e. The van der Waals surface area contributed by atoms with Crippen molar-refractivity contribution < 1.29 is 0 Å². The summed E-state index contributed by atoms with van der Waals surface area (Å²) in [7, 11) is 0. The van der Waals surface area contributed by atoms with Gasteiger partial charge in [0, 0.05) is 0 Å². The highest BCUT2D eigenvalue weighted by Gasteiger charge is 2.38. The minimum Gasteiger partial charge on any atom is -0.0919 e. The summed E-state index contributed by atoms with van der Waals surface area (Å²) < 4.78 is 0. The molecule has 0 heterocycles. The van der Waals surface area contributed by atoms with Crippen LogP contribution in [0.5, 0.6) is 0 Å². The second-order valence-corrected chi connectivity index (χ2v) is 10.2. The third-order valence-electron chi connectivity index (χ3n) is 7.08. The van der Waals surface area contributed by atoms with Gasteiger partial charge >= 0.3 is 0 Å². The lowest BCUT2D eigenvalue weighted by molar-refractivity contribution is 0.364. The Morgan fingerprint density at radius 2 is 0.703 bits per heavy atom. The number of rotatable bonds is 11. The van der Waals surface area contributed by atoms with Gasteiger partial charge in [0.2, 0.25) is 0 Å². The molecule has 232 valence electrons. The summed E-state index contributed by atoms with van der Waals surface area (Å²) in [6.45, 7) is 22.1. The van der Waals surface area contributed by atoms with Crippen molar-refractivity contribution in [1.29, 1.82) is 0 Å². The maximum absolute atomic E-state index is 2.41. The molecule has 0 spiro atoms. The molecule has 4 unspecified atom stereocenters. The summed E-state index contributed by atoms with van der Waals surface area (Å²) in [6, 6.07) is 0. The van der Waals surface area contributed by atoms with Crippen molar-refractivity contribution in [1.82, 2.24) is 0 Å². The van der Waals surface area contributed by atoms with E-state index in [0.29, 0.717) is 0 Å². The highest BCUT2D eigenvalue weighted by Crippen LogP contribution is 2.47. The van der Waals surface area contributed by atoms with Crippen molar-refractivity contribution in [3.05, 3.63) is 24.3 Å². The Balaban J connectivity index is -0.0000000620. The highest BCUT2D eigenvalue weighted by molar-refractivity contribution is 5.11. The monoisotopic (exact) mass is 529 g/mol. The molecular weight excluding hydrogens is 444 g/mol. The van der Waals surface area contributed by atoms with Crippen LogP contribution < -0.4 is 0 Å². The molecule has 0 heteroatoms. The molecule has 0 N–H and O–H groups in total. The van der Waals surface area contributed by atoms with Crippen molar-refractivity contribution in [2.24, 2.45) is 23.7 Å². The Morgan fingerprint density at radius 3 is 0.865 bits per heavy atom. The Morgan fingerprint density at radius 1 is 0.459 bits per heavy atom. The fraction of sp³-hybridized carbons (Fsp3) is 0.892. The van der Waals surface area contributed by atoms with E-state index in [1.165, 1.54) is 96.3 Å². The molecule has 0 radical (unpaired) electrons. The lowest BCUT2D eigenvalue weighted by Crippen LogP contribution is -2.12. The van der Waals surface area contributed by atoms with Gasteiger partial charge in [0.15, 0.2) is 0 Å². The van der Waals surface area contributed by atoms with E-state index in [-0.39, 0.29) is 29.7 Å². The predicted octanol–water partition coefficient (Wildman–Crippen LogP) is 15.1. The van der Waals surface area contributed by atoms with Gasteiger partial charge in [-0.1, -0.05) is 199 Å². The molecule has 0 nitrogen and oxygen atoms in total. The van der Waals surface area contributed by atoms with Gasteiger partial charge < -0.3 is 0 Å². The predicted molar refractivity (Wildman–Crippen MR) is 185 cm³/mol. The van der Waals surface area contributed by atoms with Crippen LogP contribution in [0.2, 0.25) is 0 Å². The molecule has 0 aromatic heterocycles. The van der Waals surface area contributed by atoms with Crippen molar-refractivity contribution in [3.63, 3.8) is 0 Å². The summed E-state index contributed by atoms with van der Waals surface area (Å²) in [4.78, 5) is 0. The quantitative estimate of drug-likeness (QED) is 0.185. The zero-order chi connectivity index (χ0) is 25.7. The summed E-state index contributed by atoms with van der Waals surface area (Å²) in [5, 5.41) is 0. The normalized spacial score (nSPS) is 19.4. The summed E-state index contributed by atoms with van der Waals surface area (Å²) >= 11 is 0. The minimum atomic E-state index is 0. The van der Waals surface area contributed by atoms with Gasteiger partial charge in [-0.15, -0.1) is 0 Å². The second kappa shape index (κ2) is 45.4. The lowest BCUT2D eigenvalue weighted by atomic mass is 9.86. The van der Waals surface area contributed by atoms with Gasteiger partial charge in [0.1, 0.15) is 0 Å². The maximum atomic E-state index is 2.41. The fourth-order valence-corrected chi connectivity index (χ4v) is 4.02. The van der Waals surface area contributed by atoms with Crippen LogP contribution >= 0.6 is 0 Å². The molecule has 1 fully saturated rings. The van der Waals surface area contributed by atoms with Crippen molar-refractivity contribution in [2.45, 2.75) is 195 Å². The zero-order valence-electron chi connectivity index (χ0n) is 25.2. The number of allylic oxidation sites excluding steroid dienone is 4. The minimum absolute atomic E-state index is 0. The molecule has 2 aliphatic carbocycles. The van der Waals surface area contributed by atoms with Crippen LogP contribution in [0.3, 0.4) is 0 Å². The largest absolute Gasteiger partial charge is 0.0919 e. The Hall–Kier alpha value is -0.520. The highest BCUT2D eigenvalue weighted by atomic mass is 14.4. The SMILES string of the molecule is C.C.C.C.C/C=C/C.CC1C2C=CC(C2)C1C.CCCC.CCCCCC.CCCCCCCCCC. The number of fused-ring (bicyclic) bond motifs is 2. The molecule has 2 bridgehead atoms. The van der Waals surface area contributed by atoms with Crippen molar-refractivity contribution >= 4 is 0 Å². The van der Waals surface area contributed by atoms with E-state index in [1.54, 1.807) is 0 Å². The third-order valence-corrected chi connectivity index (χ3v) is 7.08. The average molecular weight is 529 g/mol. The number of hydrogen-bond acceptors (Lipinski definition) is 0. The Bertz CT molecular complexity index is 343. The summed E-state index contributed by atoms with van der Waals surface area (Å²) in [6.07, 6.45) is 29.9. The van der Waals surface area contributed by atoms with Gasteiger partial charge in [0.05, 0.1) is 0 Å². The second-order valence-electron chi connectivity index (χ2n) is 10.2. The molecule has 2 rings (SSSR count). The third kappa shape index (κ3) is 37.7. The van der Waals surface area contributed by atoms with Crippen LogP contribution in [-0.4, -0.2) is 0 Å². The molecule has 2 aliphatic rings. The molecule has 37 heavy (non-hydrogen) atoms. The standard InChI is InChI=1S/C10H22.C9H14.C6H14.C4H10.C4H8.4CH4/c1-3-5-7-9-10-8-6-4-2;1-6-7(2)9-4-3-8(6)5-9;1-3-5-6-4-2;2*1-3-4-2;;;;/h3-10H2,1-2H3;3-4,6-9H,5H2,1-2H3;3-6H2,1-2H3;3-4H2,1-2H3;3-4H,1-2H3;4*1H4/b;;;;4-3+;;;;. The van der Waals surface area contributed by atoms with E-state index in [1.807, 2.05) is 26.0 Å². The molecule has 0 aliphatic heterocycles. The van der Waals surface area contributed by atoms with Crippen molar-refractivity contribution in [2.75, 3.05) is 0 Å². The van der Waals surface area contributed by atoms with E-state index in [4.69, 9.17) is 0 Å². The van der Waals surface area contributed by atoms with Crippen LogP contribution in [-0.2, 0) is 0 Å². The first kappa shape index (κ1) is 52.8. The maximum Gasteiger partial charge on any atom is -0.0199 e. The van der Waals surface area contributed by atoms with E-state index < -0.39 is 0 Å². The molecule has 4 atom stereocenters. The zero-order valence-corrected chi connectivity index (χ0v) is 25.2. The van der Waals surface area contributed by atoms with Crippen molar-refractivity contribution in [3.8, 4) is 0 Å². The first-order valence-corrected chi connectivity index (χ1v) is 15.2. The van der Waals surface area contributed by atoms with Crippen LogP contribution in [0.15, 0.2) is 24.3 Å². The van der Waals surface area contributed by atoms with E-state index in [0.717, 1.165) is 23.7 Å². The van der Waals surface area contributed by atoms with E-state index in [9.17, 15) is 0 Å². The van der Waals surface area contributed by atoms with Gasteiger partial charge in [-0.25, -0.2) is 0 Å². The van der Waals surface area contributed by atoms with E-state index in [2.05, 4.69) is 67.5 Å². The number of unbranched alkanes of at least 4 members (excludes halogenated alkanes) is 11.